The van der Waals surface area contributed by atoms with E-state index in [1.54, 1.807) is 6.20 Å². The van der Waals surface area contributed by atoms with E-state index >= 15 is 0 Å². The number of benzene rings is 1. The van der Waals surface area contributed by atoms with Crippen molar-refractivity contribution in [1.82, 2.24) is 15.1 Å². The van der Waals surface area contributed by atoms with Gasteiger partial charge in [0, 0.05) is 11.8 Å². The highest BCUT2D eigenvalue weighted by Crippen LogP contribution is 2.31. The average Bonchev–Trinajstić information content (AvgIpc) is 3.20. The van der Waals surface area contributed by atoms with E-state index in [-0.39, 0.29) is 24.1 Å². The summed E-state index contributed by atoms with van der Waals surface area (Å²) in [5.41, 5.74) is 8.26. The quantitative estimate of drug-likeness (QED) is 0.564. The van der Waals surface area contributed by atoms with Crippen molar-refractivity contribution in [3.63, 3.8) is 0 Å². The van der Waals surface area contributed by atoms with Crippen LogP contribution in [0.5, 0.6) is 11.6 Å². The Morgan fingerprint density at radius 3 is 2.63 bits per heavy atom. The number of carbonyl (C=O) groups is 1. The molecule has 0 bridgehead atoms. The van der Waals surface area contributed by atoms with E-state index in [2.05, 4.69) is 40.8 Å². The molecule has 2 aromatic heterocycles. The van der Waals surface area contributed by atoms with Gasteiger partial charge in [0.25, 0.3) is 11.8 Å². The van der Waals surface area contributed by atoms with E-state index in [1.807, 2.05) is 26.0 Å². The first-order valence-electron chi connectivity index (χ1n) is 9.91. The summed E-state index contributed by atoms with van der Waals surface area (Å²) in [5, 5.41) is 14.3. The second-order valence-corrected chi connectivity index (χ2v) is 6.82. The Balaban J connectivity index is 0.00000101. The Morgan fingerprint density at radius 1 is 1.30 bits per heavy atom. The topological polar surface area (TPSA) is 124 Å². The molecule has 0 fully saturated rings. The van der Waals surface area contributed by atoms with Gasteiger partial charge in [0.05, 0.1) is 11.7 Å². The number of aromatic nitrogens is 3. The number of nitrogens with zero attached hydrogens (tertiary/aromatic N) is 3. The van der Waals surface area contributed by atoms with Gasteiger partial charge < -0.3 is 20.1 Å². The van der Waals surface area contributed by atoms with Crippen LogP contribution in [0.1, 0.15) is 45.2 Å². The van der Waals surface area contributed by atoms with Crippen LogP contribution in [0, 0.1) is 0 Å². The maximum Gasteiger partial charge on any atom is 0.259 e. The molecule has 3 rings (SSSR count). The second kappa shape index (κ2) is 10.9. The van der Waals surface area contributed by atoms with Crippen LogP contribution in [0.25, 0.3) is 22.8 Å². The molecule has 30 heavy (non-hydrogen) atoms. The smallest absolute Gasteiger partial charge is 0.259 e. The Kier molecular flexibility index (Phi) is 8.34. The second-order valence-electron chi connectivity index (χ2n) is 6.82. The third kappa shape index (κ3) is 5.56. The zero-order valence-electron chi connectivity index (χ0n) is 17.8. The van der Waals surface area contributed by atoms with Crippen molar-refractivity contribution < 1.29 is 19.2 Å². The molecule has 1 amide bonds. The summed E-state index contributed by atoms with van der Waals surface area (Å²) < 4.78 is 10.9. The molecule has 3 N–H and O–H groups in total. The van der Waals surface area contributed by atoms with Crippen LogP contribution in [-0.2, 0) is 17.6 Å². The maximum absolute atomic E-state index is 10.1. The van der Waals surface area contributed by atoms with Crippen molar-refractivity contribution in [2.45, 2.75) is 53.1 Å². The fourth-order valence-electron chi connectivity index (χ4n) is 3.09. The zero-order chi connectivity index (χ0) is 22.1. The highest BCUT2D eigenvalue weighted by Gasteiger charge is 2.17. The fraction of sp³-hybridized carbons (Fsp3) is 0.364. The first-order chi connectivity index (χ1) is 14.4. The standard InChI is InChI=1S/C21H25N3O3.CH3NO/c1-5-8-14-9-7-10-17(16(14)6-2)19-23-20(27-24-19)15-11-18(25)21(22-12-15)26-13(3)4;2-1-3/h7,9-13,25H,5-6,8H2,1-4H3;1H,(H2,2,3). The summed E-state index contributed by atoms with van der Waals surface area (Å²) in [6.45, 7) is 8.05. The monoisotopic (exact) mass is 412 g/mol. The van der Waals surface area contributed by atoms with Gasteiger partial charge >= 0.3 is 0 Å². The number of primary amides is 1. The minimum atomic E-state index is -0.0767. The average molecular weight is 412 g/mol. The lowest BCUT2D eigenvalue weighted by atomic mass is 9.95. The summed E-state index contributed by atoms with van der Waals surface area (Å²) >= 11 is 0. The molecule has 0 aliphatic rings. The molecule has 0 saturated heterocycles. The molecular weight excluding hydrogens is 384 g/mol. The molecular formula is C22H28N4O4. The summed E-state index contributed by atoms with van der Waals surface area (Å²) in [6.07, 6.45) is 4.75. The Morgan fingerprint density at radius 2 is 2.03 bits per heavy atom. The van der Waals surface area contributed by atoms with Gasteiger partial charge in [-0.2, -0.15) is 4.98 Å². The summed E-state index contributed by atoms with van der Waals surface area (Å²) in [6, 6.07) is 7.72. The van der Waals surface area contributed by atoms with Crippen molar-refractivity contribution in [3.05, 3.63) is 41.6 Å². The van der Waals surface area contributed by atoms with Crippen LogP contribution in [0.3, 0.4) is 0 Å². The molecule has 2 heterocycles. The molecule has 8 heteroatoms. The van der Waals surface area contributed by atoms with Crippen LogP contribution in [0.2, 0.25) is 0 Å². The van der Waals surface area contributed by atoms with Crippen molar-refractivity contribution >= 4 is 6.41 Å². The predicted molar refractivity (Wildman–Crippen MR) is 114 cm³/mol. The third-order valence-electron chi connectivity index (χ3n) is 4.24. The number of pyridine rings is 1. The maximum atomic E-state index is 10.1. The molecule has 0 aliphatic carbocycles. The van der Waals surface area contributed by atoms with Crippen LogP contribution in [0.4, 0.5) is 0 Å². The van der Waals surface area contributed by atoms with Gasteiger partial charge in [-0.15, -0.1) is 0 Å². The van der Waals surface area contributed by atoms with Crippen molar-refractivity contribution in [1.29, 1.82) is 0 Å². The molecule has 1 aromatic carbocycles. The molecule has 160 valence electrons. The Labute approximate surface area is 176 Å². The number of carbonyl (C=O) groups excluding carboxylic acids is 1. The predicted octanol–water partition coefficient (Wildman–Crippen LogP) is 3.91. The third-order valence-corrected chi connectivity index (χ3v) is 4.24. The first kappa shape index (κ1) is 22.9. The van der Waals surface area contributed by atoms with Gasteiger partial charge in [-0.25, -0.2) is 4.98 Å². The molecule has 0 atom stereocenters. The SMILES string of the molecule is CCCc1cccc(-c2noc(-c3cnc(OC(C)C)c(O)c3)n2)c1CC.NC=O. The van der Waals surface area contributed by atoms with Gasteiger partial charge in [-0.05, 0) is 43.9 Å². The lowest BCUT2D eigenvalue weighted by Crippen LogP contribution is -2.06. The van der Waals surface area contributed by atoms with Crippen molar-refractivity contribution in [2.24, 2.45) is 5.73 Å². The van der Waals surface area contributed by atoms with E-state index < -0.39 is 0 Å². The van der Waals surface area contributed by atoms with Crippen LogP contribution >= 0.6 is 0 Å². The van der Waals surface area contributed by atoms with E-state index in [4.69, 9.17) is 14.1 Å². The molecule has 0 aliphatic heterocycles. The van der Waals surface area contributed by atoms with Crippen molar-refractivity contribution in [3.8, 4) is 34.5 Å². The number of nitrogens with two attached hydrogens (primary N) is 1. The number of hydrogen-bond donors (Lipinski definition) is 2. The largest absolute Gasteiger partial charge is 0.503 e. The molecule has 3 aromatic rings. The zero-order valence-corrected chi connectivity index (χ0v) is 17.8. The molecule has 0 saturated carbocycles. The highest BCUT2D eigenvalue weighted by atomic mass is 16.5. The molecule has 0 spiro atoms. The van der Waals surface area contributed by atoms with Crippen LogP contribution in [-0.4, -0.2) is 32.7 Å². The number of amides is 1. The number of aryl methyl sites for hydroxylation is 1. The highest BCUT2D eigenvalue weighted by molar-refractivity contribution is 5.65. The number of ether oxygens (including phenoxy) is 1. The lowest BCUT2D eigenvalue weighted by molar-refractivity contribution is -0.106. The summed E-state index contributed by atoms with van der Waals surface area (Å²) in [4.78, 5) is 17.3. The normalized spacial score (nSPS) is 10.4. The first-order valence-corrected chi connectivity index (χ1v) is 9.91. The lowest BCUT2D eigenvalue weighted by Gasteiger charge is -2.10. The summed E-state index contributed by atoms with van der Waals surface area (Å²) in [5.74, 6) is 0.989. The minimum absolute atomic E-state index is 0.0554. The molecule has 0 unspecified atom stereocenters. The molecule has 0 radical (unpaired) electrons. The van der Waals surface area contributed by atoms with Crippen LogP contribution in [0.15, 0.2) is 35.0 Å². The van der Waals surface area contributed by atoms with E-state index in [0.29, 0.717) is 17.3 Å². The number of rotatable bonds is 7. The van der Waals surface area contributed by atoms with Crippen LogP contribution < -0.4 is 10.5 Å². The van der Waals surface area contributed by atoms with Crippen molar-refractivity contribution in [2.75, 3.05) is 0 Å². The summed E-state index contributed by atoms with van der Waals surface area (Å²) in [7, 11) is 0. The van der Waals surface area contributed by atoms with Gasteiger partial charge in [-0.3, -0.25) is 4.79 Å². The molecule has 8 nitrogen and oxygen atoms in total. The van der Waals surface area contributed by atoms with Gasteiger partial charge in [-0.1, -0.05) is 43.6 Å². The minimum Gasteiger partial charge on any atom is -0.503 e. The van der Waals surface area contributed by atoms with E-state index in [1.165, 1.54) is 17.2 Å². The van der Waals surface area contributed by atoms with E-state index in [0.717, 1.165) is 24.8 Å². The fourth-order valence-corrected chi connectivity index (χ4v) is 3.09. The van der Waals surface area contributed by atoms with Gasteiger partial charge in [0.1, 0.15) is 0 Å². The Bertz CT molecular complexity index is 970. The van der Waals surface area contributed by atoms with Gasteiger partial charge in [0.15, 0.2) is 5.75 Å². The van der Waals surface area contributed by atoms with Gasteiger partial charge in [0.2, 0.25) is 12.2 Å². The Hall–Kier alpha value is -3.42. The number of hydrogen-bond acceptors (Lipinski definition) is 7. The van der Waals surface area contributed by atoms with E-state index in [9.17, 15) is 5.11 Å². The number of aromatic hydroxyl groups is 1.